The lowest BCUT2D eigenvalue weighted by atomic mass is 9.72. The molecule has 0 atom stereocenters. The Morgan fingerprint density at radius 1 is 1.00 bits per heavy atom. The molecule has 1 heterocycles. The predicted octanol–water partition coefficient (Wildman–Crippen LogP) is 4.45. The molecule has 0 spiro atoms. The normalized spacial score (nSPS) is 15.2. The Bertz CT molecular complexity index is 1170. The summed E-state index contributed by atoms with van der Waals surface area (Å²) in [6, 6.07) is 21.2. The number of hydrogen-bond donors (Lipinski definition) is 1. The minimum absolute atomic E-state index is 0.0906. The number of likely N-dealkylation sites (tertiary alicyclic amines) is 1. The fraction of sp³-hybridized carbons (Fsp3) is 0.259. The van der Waals surface area contributed by atoms with E-state index in [0.717, 1.165) is 16.7 Å². The van der Waals surface area contributed by atoms with E-state index in [9.17, 15) is 14.0 Å². The third-order valence-corrected chi connectivity index (χ3v) is 6.53. The molecule has 1 fully saturated rings. The van der Waals surface area contributed by atoms with Gasteiger partial charge in [0.05, 0.1) is 12.5 Å². The molecule has 33 heavy (non-hydrogen) atoms. The molecule has 2 N–H and O–H groups in total. The zero-order valence-electron chi connectivity index (χ0n) is 18.6. The van der Waals surface area contributed by atoms with E-state index in [2.05, 4.69) is 0 Å². The fourth-order valence-electron chi connectivity index (χ4n) is 4.56. The maximum atomic E-state index is 13.8. The van der Waals surface area contributed by atoms with Crippen LogP contribution in [0.2, 0.25) is 0 Å². The van der Waals surface area contributed by atoms with E-state index < -0.39 is 5.41 Å². The number of benzene rings is 3. The highest BCUT2D eigenvalue weighted by atomic mass is 19.1. The molecule has 0 unspecified atom stereocenters. The highest BCUT2D eigenvalue weighted by Gasteiger charge is 2.41. The van der Waals surface area contributed by atoms with Crippen molar-refractivity contribution in [2.45, 2.75) is 19.3 Å². The lowest BCUT2D eigenvalue weighted by Crippen LogP contribution is -2.50. The predicted molar refractivity (Wildman–Crippen MR) is 125 cm³/mol. The topological polar surface area (TPSA) is 72.6 Å². The summed E-state index contributed by atoms with van der Waals surface area (Å²) in [5.74, 6) is -0.147. The Kier molecular flexibility index (Phi) is 6.45. The highest BCUT2D eigenvalue weighted by molar-refractivity contribution is 5.95. The van der Waals surface area contributed by atoms with Crippen molar-refractivity contribution in [3.8, 4) is 16.9 Å². The number of rotatable bonds is 6. The Hall–Kier alpha value is -3.67. The number of piperidine rings is 1. The number of methoxy groups -OCH3 is 1. The maximum Gasteiger partial charge on any atom is 0.253 e. The maximum absolute atomic E-state index is 13.8. The number of hydrogen-bond acceptors (Lipinski definition) is 3. The van der Waals surface area contributed by atoms with Crippen LogP contribution in [-0.4, -0.2) is 36.9 Å². The number of nitrogens with two attached hydrogens (primary N) is 1. The average Bonchev–Trinajstić information content (AvgIpc) is 2.84. The minimum Gasteiger partial charge on any atom is -0.497 e. The Balaban J connectivity index is 1.55. The first-order valence-corrected chi connectivity index (χ1v) is 11.0. The van der Waals surface area contributed by atoms with Crippen molar-refractivity contribution in [2.75, 3.05) is 20.2 Å². The number of primary amides is 1. The molecule has 6 heteroatoms. The quantitative estimate of drug-likeness (QED) is 0.608. The van der Waals surface area contributed by atoms with Crippen molar-refractivity contribution in [1.29, 1.82) is 0 Å². The molecular weight excluding hydrogens is 419 g/mol. The van der Waals surface area contributed by atoms with E-state index in [-0.39, 0.29) is 17.6 Å². The smallest absolute Gasteiger partial charge is 0.253 e. The van der Waals surface area contributed by atoms with Crippen molar-refractivity contribution in [1.82, 2.24) is 4.90 Å². The van der Waals surface area contributed by atoms with Crippen LogP contribution < -0.4 is 10.5 Å². The monoisotopic (exact) mass is 446 g/mol. The first-order valence-electron chi connectivity index (χ1n) is 11.0. The van der Waals surface area contributed by atoms with E-state index in [1.165, 1.54) is 12.1 Å². The van der Waals surface area contributed by atoms with Gasteiger partial charge in [0.2, 0.25) is 5.91 Å². The van der Waals surface area contributed by atoms with Crippen LogP contribution in [-0.2, 0) is 11.2 Å². The van der Waals surface area contributed by atoms with Crippen molar-refractivity contribution in [3.63, 3.8) is 0 Å². The molecule has 0 radical (unpaired) electrons. The van der Waals surface area contributed by atoms with Crippen molar-refractivity contribution < 1.29 is 18.7 Å². The number of nitrogens with zero attached hydrogens (tertiary/aromatic N) is 1. The second-order valence-electron chi connectivity index (χ2n) is 8.51. The van der Waals surface area contributed by atoms with Crippen LogP contribution >= 0.6 is 0 Å². The van der Waals surface area contributed by atoms with Gasteiger partial charge < -0.3 is 15.4 Å². The van der Waals surface area contributed by atoms with E-state index in [4.69, 9.17) is 10.5 Å². The van der Waals surface area contributed by atoms with Gasteiger partial charge in [-0.25, -0.2) is 4.39 Å². The van der Waals surface area contributed by atoms with Gasteiger partial charge in [0.1, 0.15) is 11.6 Å². The van der Waals surface area contributed by atoms with Crippen LogP contribution in [0.25, 0.3) is 11.1 Å². The number of carbonyl (C=O) groups excluding carboxylic acids is 2. The number of halogens is 1. The molecule has 1 saturated heterocycles. The van der Waals surface area contributed by atoms with Crippen molar-refractivity contribution in [2.24, 2.45) is 11.1 Å². The highest BCUT2D eigenvalue weighted by Crippen LogP contribution is 2.38. The molecular formula is C27H27FN2O3. The average molecular weight is 447 g/mol. The van der Waals surface area contributed by atoms with E-state index in [1.54, 1.807) is 42.3 Å². The molecule has 4 rings (SSSR count). The lowest BCUT2D eigenvalue weighted by Gasteiger charge is -2.40. The van der Waals surface area contributed by atoms with Gasteiger partial charge in [-0.3, -0.25) is 9.59 Å². The zero-order chi connectivity index (χ0) is 23.4. The van der Waals surface area contributed by atoms with Gasteiger partial charge in [-0.2, -0.15) is 0 Å². The summed E-state index contributed by atoms with van der Waals surface area (Å²) in [7, 11) is 1.56. The van der Waals surface area contributed by atoms with E-state index in [0.29, 0.717) is 43.7 Å². The summed E-state index contributed by atoms with van der Waals surface area (Å²) in [5, 5.41) is 0. The van der Waals surface area contributed by atoms with Crippen LogP contribution in [0.1, 0.15) is 28.8 Å². The number of carbonyl (C=O) groups is 2. The van der Waals surface area contributed by atoms with Crippen LogP contribution in [0.5, 0.6) is 5.75 Å². The van der Waals surface area contributed by atoms with Crippen LogP contribution in [0.15, 0.2) is 72.8 Å². The van der Waals surface area contributed by atoms with Crippen LogP contribution in [0.3, 0.4) is 0 Å². The first-order chi connectivity index (χ1) is 15.9. The summed E-state index contributed by atoms with van der Waals surface area (Å²) in [6.07, 6.45) is 1.38. The molecule has 0 saturated carbocycles. The number of ether oxygens (including phenoxy) is 1. The summed E-state index contributed by atoms with van der Waals surface area (Å²) in [6.45, 7) is 0.863. The molecule has 3 aromatic rings. The first kappa shape index (κ1) is 22.5. The summed E-state index contributed by atoms with van der Waals surface area (Å²) in [4.78, 5) is 27.4. The Morgan fingerprint density at radius 3 is 2.42 bits per heavy atom. The molecule has 2 amide bonds. The molecule has 170 valence electrons. The van der Waals surface area contributed by atoms with Crippen molar-refractivity contribution in [3.05, 3.63) is 89.7 Å². The van der Waals surface area contributed by atoms with Gasteiger partial charge in [-0.05, 0) is 66.3 Å². The molecule has 0 bridgehead atoms. The minimum atomic E-state index is -0.769. The summed E-state index contributed by atoms with van der Waals surface area (Å²) >= 11 is 0. The van der Waals surface area contributed by atoms with Gasteiger partial charge in [-0.15, -0.1) is 0 Å². The third kappa shape index (κ3) is 4.75. The Labute approximate surface area is 193 Å². The zero-order valence-corrected chi connectivity index (χ0v) is 18.6. The van der Waals surface area contributed by atoms with Gasteiger partial charge in [-0.1, -0.05) is 42.5 Å². The summed E-state index contributed by atoms with van der Waals surface area (Å²) in [5.41, 5.74) is 8.28. The second kappa shape index (κ2) is 9.45. The SMILES string of the molecule is COc1cccc(C(=O)N2CCC(Cc3ccccc3-c3cccc(F)c3)(C(N)=O)CC2)c1. The van der Waals surface area contributed by atoms with Gasteiger partial charge >= 0.3 is 0 Å². The van der Waals surface area contributed by atoms with Gasteiger partial charge in [0, 0.05) is 18.7 Å². The molecule has 1 aliphatic rings. The summed E-state index contributed by atoms with van der Waals surface area (Å²) < 4.78 is 19.1. The fourth-order valence-corrected chi connectivity index (χ4v) is 4.56. The molecule has 0 aliphatic carbocycles. The largest absolute Gasteiger partial charge is 0.497 e. The van der Waals surface area contributed by atoms with E-state index in [1.807, 2.05) is 30.3 Å². The standard InChI is InChI=1S/C27H27FN2O3/c1-33-23-10-5-8-20(17-23)25(31)30-14-12-27(13-15-30,26(29)32)18-21-6-2-3-11-24(21)19-7-4-9-22(28)16-19/h2-11,16-17H,12-15,18H2,1H3,(H2,29,32). The second-order valence-corrected chi connectivity index (χ2v) is 8.51. The molecule has 0 aromatic heterocycles. The van der Waals surface area contributed by atoms with Crippen molar-refractivity contribution >= 4 is 11.8 Å². The third-order valence-electron chi connectivity index (χ3n) is 6.53. The van der Waals surface area contributed by atoms with E-state index >= 15 is 0 Å². The molecule has 1 aliphatic heterocycles. The molecule has 5 nitrogen and oxygen atoms in total. The van der Waals surface area contributed by atoms with Crippen LogP contribution in [0, 0.1) is 11.2 Å². The van der Waals surface area contributed by atoms with Gasteiger partial charge in [0.15, 0.2) is 0 Å². The van der Waals surface area contributed by atoms with Gasteiger partial charge in [0.25, 0.3) is 5.91 Å². The lowest BCUT2D eigenvalue weighted by molar-refractivity contribution is -0.130. The Morgan fingerprint density at radius 2 is 1.73 bits per heavy atom. The molecule has 3 aromatic carbocycles. The number of amides is 2. The van der Waals surface area contributed by atoms with Crippen LogP contribution in [0.4, 0.5) is 4.39 Å².